The number of aliphatic hydroxyl groups is 1. The van der Waals surface area contributed by atoms with Crippen LogP contribution in [0.2, 0.25) is 0 Å². The summed E-state index contributed by atoms with van der Waals surface area (Å²) in [6, 6.07) is 1.55. The fourth-order valence-electron chi connectivity index (χ4n) is 0.786. The van der Waals surface area contributed by atoms with Crippen molar-refractivity contribution in [2.45, 2.75) is 20.0 Å². The van der Waals surface area contributed by atoms with Crippen molar-refractivity contribution >= 4 is 0 Å². The van der Waals surface area contributed by atoms with Gasteiger partial charge in [-0.1, -0.05) is 5.92 Å². The maximum absolute atomic E-state index is 12.7. The van der Waals surface area contributed by atoms with E-state index >= 15 is 0 Å². The van der Waals surface area contributed by atoms with Crippen molar-refractivity contribution in [2.75, 3.05) is 0 Å². The third-order valence-electron chi connectivity index (χ3n) is 1.46. The average molecular weight is 179 g/mol. The second-order valence-corrected chi connectivity index (χ2v) is 2.76. The molecule has 0 spiro atoms. The normalized spacial score (nSPS) is 11.7. The maximum atomic E-state index is 12.7. The summed E-state index contributed by atoms with van der Waals surface area (Å²) in [6.07, 6.45) is 0.439. The smallest absolute Gasteiger partial charge is 0.144 e. The zero-order valence-electron chi connectivity index (χ0n) is 7.50. The van der Waals surface area contributed by atoms with E-state index in [-0.39, 0.29) is 5.82 Å². The molecule has 2 nitrogen and oxygen atoms in total. The molecule has 68 valence electrons. The van der Waals surface area contributed by atoms with Crippen LogP contribution in [0, 0.1) is 24.6 Å². The Morgan fingerprint density at radius 3 is 2.85 bits per heavy atom. The number of aliphatic hydroxyl groups excluding tert-OH is 1. The highest BCUT2D eigenvalue weighted by molar-refractivity contribution is 5.31. The molecular weight excluding hydrogens is 169 g/mol. The van der Waals surface area contributed by atoms with E-state index in [2.05, 4.69) is 16.8 Å². The van der Waals surface area contributed by atoms with E-state index in [0.29, 0.717) is 11.3 Å². The number of aryl methyl sites for hydroxylation is 1. The number of nitrogens with zero attached hydrogens (tertiary/aromatic N) is 1. The van der Waals surface area contributed by atoms with Crippen LogP contribution < -0.4 is 0 Å². The standard InChI is InChI=1S/C10H10FNO/c1-7-5-9(4-3-8(2)13)12-6-10(7)11/h5-6,8,13H,1-2H3/t8-/m0/s1. The van der Waals surface area contributed by atoms with Gasteiger partial charge < -0.3 is 5.11 Å². The van der Waals surface area contributed by atoms with E-state index in [1.807, 2.05) is 0 Å². The Bertz CT molecular complexity index is 363. The van der Waals surface area contributed by atoms with Crippen molar-refractivity contribution in [1.82, 2.24) is 4.98 Å². The minimum atomic E-state index is -0.688. The van der Waals surface area contributed by atoms with Gasteiger partial charge in [-0.15, -0.1) is 0 Å². The van der Waals surface area contributed by atoms with Crippen LogP contribution in [-0.4, -0.2) is 16.2 Å². The lowest BCUT2D eigenvalue weighted by molar-refractivity contribution is 0.253. The fourth-order valence-corrected chi connectivity index (χ4v) is 0.786. The van der Waals surface area contributed by atoms with E-state index in [1.165, 1.54) is 0 Å². The van der Waals surface area contributed by atoms with Gasteiger partial charge >= 0.3 is 0 Å². The molecule has 0 aliphatic carbocycles. The summed E-state index contributed by atoms with van der Waals surface area (Å²) in [7, 11) is 0. The predicted octanol–water partition coefficient (Wildman–Crippen LogP) is 1.26. The van der Waals surface area contributed by atoms with Crippen LogP contribution >= 0.6 is 0 Å². The van der Waals surface area contributed by atoms with Gasteiger partial charge in [0.25, 0.3) is 0 Å². The molecule has 1 heterocycles. The molecule has 0 unspecified atom stereocenters. The van der Waals surface area contributed by atoms with Crippen LogP contribution in [0.1, 0.15) is 18.2 Å². The molecule has 0 radical (unpaired) electrons. The molecule has 3 heteroatoms. The summed E-state index contributed by atoms with van der Waals surface area (Å²) in [4.78, 5) is 3.75. The van der Waals surface area contributed by atoms with Gasteiger partial charge in [0.15, 0.2) is 0 Å². The Balaban J connectivity index is 2.94. The van der Waals surface area contributed by atoms with Gasteiger partial charge in [0.1, 0.15) is 17.6 Å². The van der Waals surface area contributed by atoms with Gasteiger partial charge in [-0.3, -0.25) is 0 Å². The molecule has 1 N–H and O–H groups in total. The molecule has 0 saturated heterocycles. The fraction of sp³-hybridized carbons (Fsp3) is 0.300. The van der Waals surface area contributed by atoms with Crippen LogP contribution in [0.4, 0.5) is 4.39 Å². The molecule has 1 rings (SSSR count). The number of halogens is 1. The van der Waals surface area contributed by atoms with Crippen LogP contribution in [-0.2, 0) is 0 Å². The minimum Gasteiger partial charge on any atom is -0.381 e. The molecule has 0 aliphatic rings. The lowest BCUT2D eigenvalue weighted by Gasteiger charge is -1.95. The summed E-state index contributed by atoms with van der Waals surface area (Å²) in [5, 5.41) is 8.86. The summed E-state index contributed by atoms with van der Waals surface area (Å²) in [5.41, 5.74) is 0.977. The minimum absolute atomic E-state index is 0.345. The Labute approximate surface area is 76.4 Å². The largest absolute Gasteiger partial charge is 0.381 e. The lowest BCUT2D eigenvalue weighted by atomic mass is 10.2. The first-order valence-corrected chi connectivity index (χ1v) is 3.91. The van der Waals surface area contributed by atoms with E-state index in [9.17, 15) is 4.39 Å². The highest BCUT2D eigenvalue weighted by atomic mass is 19.1. The summed E-state index contributed by atoms with van der Waals surface area (Å²) in [5.74, 6) is 4.82. The van der Waals surface area contributed by atoms with Crippen molar-refractivity contribution in [1.29, 1.82) is 0 Å². The summed E-state index contributed by atoms with van der Waals surface area (Å²) in [6.45, 7) is 3.20. The molecule has 0 amide bonds. The average Bonchev–Trinajstić information content (AvgIpc) is 2.07. The monoisotopic (exact) mass is 179 g/mol. The Morgan fingerprint density at radius 2 is 2.31 bits per heavy atom. The van der Waals surface area contributed by atoms with Crippen LogP contribution in [0.5, 0.6) is 0 Å². The Morgan fingerprint density at radius 1 is 1.62 bits per heavy atom. The van der Waals surface area contributed by atoms with Crippen molar-refractivity contribution in [3.63, 3.8) is 0 Å². The van der Waals surface area contributed by atoms with Gasteiger partial charge in [-0.05, 0) is 31.4 Å². The first-order chi connectivity index (χ1) is 6.09. The molecule has 1 aromatic heterocycles. The van der Waals surface area contributed by atoms with Crippen LogP contribution in [0.25, 0.3) is 0 Å². The van der Waals surface area contributed by atoms with Crippen LogP contribution in [0.15, 0.2) is 12.3 Å². The Hall–Kier alpha value is -1.40. The molecular formula is C10H10FNO. The number of pyridine rings is 1. The van der Waals surface area contributed by atoms with Gasteiger partial charge in [-0.2, -0.15) is 0 Å². The molecule has 1 atom stereocenters. The van der Waals surface area contributed by atoms with Crippen molar-refractivity contribution < 1.29 is 9.50 Å². The second-order valence-electron chi connectivity index (χ2n) is 2.76. The molecule has 0 fully saturated rings. The third-order valence-corrected chi connectivity index (χ3v) is 1.46. The first-order valence-electron chi connectivity index (χ1n) is 3.91. The van der Waals surface area contributed by atoms with E-state index in [1.54, 1.807) is 19.9 Å². The number of aromatic nitrogens is 1. The maximum Gasteiger partial charge on any atom is 0.144 e. The van der Waals surface area contributed by atoms with Crippen molar-refractivity contribution in [3.8, 4) is 11.8 Å². The Kier molecular flexibility index (Phi) is 2.99. The van der Waals surface area contributed by atoms with Gasteiger partial charge in [0, 0.05) is 0 Å². The predicted molar refractivity (Wildman–Crippen MR) is 47.5 cm³/mol. The lowest BCUT2D eigenvalue weighted by Crippen LogP contribution is -1.94. The van der Waals surface area contributed by atoms with E-state index in [4.69, 9.17) is 5.11 Å². The van der Waals surface area contributed by atoms with Gasteiger partial charge in [0.05, 0.1) is 6.20 Å². The number of rotatable bonds is 0. The SMILES string of the molecule is Cc1cc(C#C[C@H](C)O)ncc1F. The van der Waals surface area contributed by atoms with Crippen molar-refractivity contribution in [2.24, 2.45) is 0 Å². The van der Waals surface area contributed by atoms with Gasteiger partial charge in [-0.25, -0.2) is 9.37 Å². The highest BCUT2D eigenvalue weighted by Gasteiger charge is 1.97. The zero-order chi connectivity index (χ0) is 9.84. The molecule has 0 bridgehead atoms. The zero-order valence-corrected chi connectivity index (χ0v) is 7.50. The molecule has 0 aromatic carbocycles. The molecule has 1 aromatic rings. The molecule has 0 saturated carbocycles. The quantitative estimate of drug-likeness (QED) is 0.608. The van der Waals surface area contributed by atoms with Crippen LogP contribution in [0.3, 0.4) is 0 Å². The highest BCUT2D eigenvalue weighted by Crippen LogP contribution is 2.04. The summed E-state index contributed by atoms with van der Waals surface area (Å²) < 4.78 is 12.7. The van der Waals surface area contributed by atoms with Crippen molar-refractivity contribution in [3.05, 3.63) is 29.3 Å². The summed E-state index contributed by atoms with van der Waals surface area (Å²) >= 11 is 0. The number of hydrogen-bond acceptors (Lipinski definition) is 2. The molecule has 13 heavy (non-hydrogen) atoms. The molecule has 0 aliphatic heterocycles. The van der Waals surface area contributed by atoms with E-state index < -0.39 is 6.10 Å². The third kappa shape index (κ3) is 2.85. The van der Waals surface area contributed by atoms with Gasteiger partial charge in [0.2, 0.25) is 0 Å². The first kappa shape index (κ1) is 9.69. The van der Waals surface area contributed by atoms with E-state index in [0.717, 1.165) is 6.20 Å². The second kappa shape index (κ2) is 4.01. The topological polar surface area (TPSA) is 33.1 Å². The number of hydrogen-bond donors (Lipinski definition) is 1.